The van der Waals surface area contributed by atoms with Gasteiger partial charge in [-0.1, -0.05) is 11.6 Å². The highest BCUT2D eigenvalue weighted by Crippen LogP contribution is 2.12. The quantitative estimate of drug-likeness (QED) is 0.616. The summed E-state index contributed by atoms with van der Waals surface area (Å²) >= 11 is 5.72. The molecule has 0 aliphatic carbocycles. The number of ether oxygens (including phenoxy) is 1. The number of hydrogen-bond acceptors (Lipinski definition) is 4. The smallest absolute Gasteiger partial charge is 0.326 e. The lowest BCUT2D eigenvalue weighted by Crippen LogP contribution is -2.34. The maximum Gasteiger partial charge on any atom is 0.326 e. The van der Waals surface area contributed by atoms with Crippen LogP contribution in [-0.4, -0.2) is 30.3 Å². The van der Waals surface area contributed by atoms with Crippen molar-refractivity contribution in [3.63, 3.8) is 0 Å². The van der Waals surface area contributed by atoms with Crippen molar-refractivity contribution in [3.8, 4) is 0 Å². The highest BCUT2D eigenvalue weighted by molar-refractivity contribution is 6.30. The summed E-state index contributed by atoms with van der Waals surface area (Å²) in [6, 6.07) is 8.65. The molecule has 0 radical (unpaired) electrons. The first kappa shape index (κ1) is 19.5. The molecule has 1 unspecified atom stereocenters. The third-order valence-corrected chi connectivity index (χ3v) is 3.63. The van der Waals surface area contributed by atoms with Gasteiger partial charge in [0, 0.05) is 16.1 Å². The van der Waals surface area contributed by atoms with Gasteiger partial charge in [0.15, 0.2) is 17.7 Å². The van der Waals surface area contributed by atoms with E-state index >= 15 is 0 Å². The van der Waals surface area contributed by atoms with Gasteiger partial charge < -0.3 is 10.1 Å². The average Bonchev–Trinajstić information content (AvgIpc) is 2.62. The molecule has 5 nitrogen and oxygen atoms in total. The minimum absolute atomic E-state index is 0.130. The van der Waals surface area contributed by atoms with Gasteiger partial charge in [0.1, 0.15) is 6.54 Å². The molecule has 8 heteroatoms. The topological polar surface area (TPSA) is 72.5 Å². The predicted molar refractivity (Wildman–Crippen MR) is 90.0 cm³/mol. The number of halogens is 3. The molecule has 2 aromatic carbocycles. The van der Waals surface area contributed by atoms with Crippen LogP contribution in [0.15, 0.2) is 42.5 Å². The van der Waals surface area contributed by atoms with Crippen LogP contribution in [0.3, 0.4) is 0 Å². The maximum atomic E-state index is 13.2. The Balaban J connectivity index is 1.88. The molecule has 0 bridgehead atoms. The zero-order valence-corrected chi connectivity index (χ0v) is 14.3. The molecular formula is C18H14ClF2NO4. The number of ketones is 1. The van der Waals surface area contributed by atoms with Gasteiger partial charge in [-0.15, -0.1) is 0 Å². The zero-order valence-electron chi connectivity index (χ0n) is 13.6. The normalized spacial score (nSPS) is 11.5. The van der Waals surface area contributed by atoms with Crippen molar-refractivity contribution in [1.29, 1.82) is 0 Å². The van der Waals surface area contributed by atoms with Crippen LogP contribution < -0.4 is 5.32 Å². The molecule has 0 heterocycles. The number of rotatable bonds is 6. The molecule has 0 aliphatic rings. The van der Waals surface area contributed by atoms with Crippen molar-refractivity contribution < 1.29 is 27.9 Å². The Labute approximate surface area is 152 Å². The lowest BCUT2D eigenvalue weighted by Gasteiger charge is -2.13. The van der Waals surface area contributed by atoms with Gasteiger partial charge in [-0.25, -0.2) is 8.78 Å². The SMILES string of the molecule is CC(OC(=O)CNC(=O)c1ccc(Cl)cc1)C(=O)c1ccc(F)c(F)c1. The lowest BCUT2D eigenvalue weighted by molar-refractivity contribution is -0.145. The van der Waals surface area contributed by atoms with E-state index in [0.717, 1.165) is 18.2 Å². The van der Waals surface area contributed by atoms with Crippen molar-refractivity contribution in [2.45, 2.75) is 13.0 Å². The monoisotopic (exact) mass is 381 g/mol. The minimum Gasteiger partial charge on any atom is -0.453 e. The Morgan fingerprint density at radius 1 is 1.04 bits per heavy atom. The van der Waals surface area contributed by atoms with Crippen molar-refractivity contribution in [1.82, 2.24) is 5.32 Å². The summed E-state index contributed by atoms with van der Waals surface area (Å²) in [5, 5.41) is 2.80. The highest BCUT2D eigenvalue weighted by atomic mass is 35.5. The summed E-state index contributed by atoms with van der Waals surface area (Å²) < 4.78 is 31.0. The van der Waals surface area contributed by atoms with E-state index in [4.69, 9.17) is 16.3 Å². The van der Waals surface area contributed by atoms with Gasteiger partial charge in [-0.3, -0.25) is 14.4 Å². The summed E-state index contributed by atoms with van der Waals surface area (Å²) in [5.74, 6) is -4.32. The molecule has 0 fully saturated rings. The standard InChI is InChI=1S/C18H14ClF2NO4/c1-10(17(24)12-4-7-14(20)15(21)8-12)26-16(23)9-22-18(25)11-2-5-13(19)6-3-11/h2-8,10H,9H2,1H3,(H,22,25). The second-order valence-corrected chi connectivity index (χ2v) is 5.75. The Morgan fingerprint density at radius 3 is 2.27 bits per heavy atom. The van der Waals surface area contributed by atoms with Crippen LogP contribution in [0.4, 0.5) is 8.78 Å². The molecule has 2 aromatic rings. The number of nitrogens with one attached hydrogen (secondary N) is 1. The second-order valence-electron chi connectivity index (χ2n) is 5.31. The zero-order chi connectivity index (χ0) is 19.3. The molecule has 1 amide bonds. The fourth-order valence-corrected chi connectivity index (χ4v) is 2.16. The van der Waals surface area contributed by atoms with E-state index in [1.807, 2.05) is 0 Å². The van der Waals surface area contributed by atoms with Gasteiger partial charge in [0.25, 0.3) is 5.91 Å². The molecular weight excluding hydrogens is 368 g/mol. The van der Waals surface area contributed by atoms with Gasteiger partial charge >= 0.3 is 5.97 Å². The summed E-state index contributed by atoms with van der Waals surface area (Å²) in [7, 11) is 0. The number of carbonyl (C=O) groups is 3. The number of Topliss-reactive ketones (excluding diaryl/α,β-unsaturated/α-hetero) is 1. The van der Waals surface area contributed by atoms with Crippen LogP contribution >= 0.6 is 11.6 Å². The molecule has 26 heavy (non-hydrogen) atoms. The first-order chi connectivity index (χ1) is 12.3. The van der Waals surface area contributed by atoms with E-state index in [1.54, 1.807) is 0 Å². The molecule has 0 saturated carbocycles. The molecule has 0 spiro atoms. The third kappa shape index (κ3) is 5.10. The highest BCUT2D eigenvalue weighted by Gasteiger charge is 2.21. The second kappa shape index (κ2) is 8.53. The predicted octanol–water partition coefficient (Wildman–Crippen LogP) is 3.16. The third-order valence-electron chi connectivity index (χ3n) is 3.38. The summed E-state index contributed by atoms with van der Waals surface area (Å²) in [6.45, 7) is 0.833. The van der Waals surface area contributed by atoms with Crippen molar-refractivity contribution in [2.75, 3.05) is 6.54 Å². The van der Waals surface area contributed by atoms with Crippen LogP contribution in [-0.2, 0) is 9.53 Å². The first-order valence-corrected chi connectivity index (χ1v) is 7.88. The Kier molecular flexibility index (Phi) is 6.41. The van der Waals surface area contributed by atoms with Crippen LogP contribution in [0.5, 0.6) is 0 Å². The molecule has 0 aromatic heterocycles. The number of hydrogen-bond donors (Lipinski definition) is 1. The molecule has 0 aliphatic heterocycles. The molecule has 136 valence electrons. The fraction of sp³-hybridized carbons (Fsp3) is 0.167. The lowest BCUT2D eigenvalue weighted by atomic mass is 10.1. The van der Waals surface area contributed by atoms with Crippen molar-refractivity contribution in [3.05, 3.63) is 70.2 Å². The van der Waals surface area contributed by atoms with Crippen LogP contribution in [0.2, 0.25) is 5.02 Å². The average molecular weight is 382 g/mol. The van der Waals surface area contributed by atoms with Crippen LogP contribution in [0, 0.1) is 11.6 Å². The molecule has 1 atom stereocenters. The van der Waals surface area contributed by atoms with Gasteiger partial charge in [0.2, 0.25) is 5.78 Å². The Morgan fingerprint density at radius 2 is 1.65 bits per heavy atom. The van der Waals surface area contributed by atoms with Crippen LogP contribution in [0.1, 0.15) is 27.6 Å². The number of benzene rings is 2. The first-order valence-electron chi connectivity index (χ1n) is 7.50. The van der Waals surface area contributed by atoms with E-state index in [-0.39, 0.29) is 5.56 Å². The Bertz CT molecular complexity index is 840. The van der Waals surface area contributed by atoms with E-state index in [1.165, 1.54) is 31.2 Å². The van der Waals surface area contributed by atoms with Gasteiger partial charge in [-0.2, -0.15) is 0 Å². The molecule has 2 rings (SSSR count). The number of amides is 1. The van der Waals surface area contributed by atoms with Crippen molar-refractivity contribution >= 4 is 29.3 Å². The summed E-state index contributed by atoms with van der Waals surface area (Å²) in [6.07, 6.45) is -1.22. The minimum atomic E-state index is -1.22. The Hall–Kier alpha value is -2.80. The van der Waals surface area contributed by atoms with Gasteiger partial charge in [0.05, 0.1) is 0 Å². The fourth-order valence-electron chi connectivity index (χ4n) is 2.03. The van der Waals surface area contributed by atoms with E-state index in [2.05, 4.69) is 5.32 Å². The number of carbonyl (C=O) groups excluding carboxylic acids is 3. The van der Waals surface area contributed by atoms with Gasteiger partial charge in [-0.05, 0) is 49.4 Å². The maximum absolute atomic E-state index is 13.2. The largest absolute Gasteiger partial charge is 0.453 e. The summed E-state index contributed by atoms with van der Waals surface area (Å²) in [5.41, 5.74) is 0.169. The van der Waals surface area contributed by atoms with Crippen molar-refractivity contribution in [2.24, 2.45) is 0 Å². The van der Waals surface area contributed by atoms with E-state index < -0.39 is 41.9 Å². The summed E-state index contributed by atoms with van der Waals surface area (Å²) in [4.78, 5) is 35.7. The molecule has 1 N–H and O–H groups in total. The van der Waals surface area contributed by atoms with E-state index in [0.29, 0.717) is 10.6 Å². The molecule has 0 saturated heterocycles. The van der Waals surface area contributed by atoms with E-state index in [9.17, 15) is 23.2 Å². The number of esters is 1. The van der Waals surface area contributed by atoms with Crippen LogP contribution in [0.25, 0.3) is 0 Å².